The van der Waals surface area contributed by atoms with Crippen molar-refractivity contribution in [3.8, 4) is 0 Å². The van der Waals surface area contributed by atoms with Crippen molar-refractivity contribution < 1.29 is 4.12 Å². The molecule has 0 N–H and O–H groups in total. The number of rotatable bonds is 8. The van der Waals surface area contributed by atoms with Crippen LogP contribution in [0, 0.1) is 20.8 Å². The number of aryl methyl sites for hydroxylation is 3. The predicted octanol–water partition coefficient (Wildman–Crippen LogP) is 5.26. The molecule has 0 aromatic heterocycles. The smallest absolute Gasteiger partial charge is 0.278 e. The van der Waals surface area contributed by atoms with Crippen molar-refractivity contribution in [3.63, 3.8) is 0 Å². The van der Waals surface area contributed by atoms with Crippen LogP contribution in [0.2, 0.25) is 0 Å². The van der Waals surface area contributed by atoms with Crippen LogP contribution in [0.15, 0.2) is 164 Å². The number of hydrogen-bond acceptors (Lipinski definition) is 1. The van der Waals surface area contributed by atoms with Crippen molar-refractivity contribution in [2.75, 3.05) is 0 Å². The van der Waals surface area contributed by atoms with Crippen LogP contribution in [0.5, 0.6) is 0 Å². The minimum atomic E-state index is -3.14. The summed E-state index contributed by atoms with van der Waals surface area (Å²) in [4.78, 5) is 0. The van der Waals surface area contributed by atoms with Crippen molar-refractivity contribution in [1.82, 2.24) is 0 Å². The molecule has 0 unspecified atom stereocenters. The van der Waals surface area contributed by atoms with Crippen LogP contribution < -0.4 is 31.1 Å². The summed E-state index contributed by atoms with van der Waals surface area (Å²) in [6, 6.07) is 60.0. The maximum Gasteiger partial charge on any atom is 0.278 e. The molecule has 0 spiro atoms. The van der Waals surface area contributed by atoms with E-state index in [9.17, 15) is 0 Å². The summed E-state index contributed by atoms with van der Waals surface area (Å²) in [6.45, 7) is 6.56. The third kappa shape index (κ3) is 5.12. The Morgan fingerprint density at radius 2 is 0.571 bits per heavy atom. The van der Waals surface area contributed by atoms with E-state index < -0.39 is 16.6 Å². The lowest BCUT2D eigenvalue weighted by Gasteiger charge is -2.44. The molecule has 0 aliphatic heterocycles. The maximum absolute atomic E-state index is 8.38. The lowest BCUT2D eigenvalue weighted by atomic mass is 10.2. The first kappa shape index (κ1) is 27.9. The lowest BCUT2D eigenvalue weighted by molar-refractivity contribution is 0.600. The van der Waals surface area contributed by atoms with E-state index in [2.05, 4.69) is 185 Å². The van der Waals surface area contributed by atoms with E-state index in [1.54, 1.807) is 0 Å². The largest absolute Gasteiger partial charge is 0.435 e. The van der Waals surface area contributed by atoms with Gasteiger partial charge in [0.05, 0.1) is 0 Å². The molecule has 0 saturated heterocycles. The highest BCUT2D eigenvalue weighted by atomic mass is 28.4. The van der Waals surface area contributed by atoms with Gasteiger partial charge in [-0.25, -0.2) is 0 Å². The standard InChI is InChI=1S/C39H36OSi2/c1-31-16-13-25-37(28-31)42(38-26-14-17-32(2)29-38,39-27-15-18-33(3)30-39)40-41(34-19-7-4-8-20-34,35-21-9-5-10-22-35)36-23-11-6-12-24-36/h4-30H,1-3H3. The van der Waals surface area contributed by atoms with Gasteiger partial charge in [-0.1, -0.05) is 180 Å². The zero-order chi connectivity index (χ0) is 29.0. The van der Waals surface area contributed by atoms with Crippen LogP contribution in [0.3, 0.4) is 0 Å². The summed E-state index contributed by atoms with van der Waals surface area (Å²) in [5.41, 5.74) is 3.71. The Kier molecular flexibility index (Phi) is 7.90. The van der Waals surface area contributed by atoms with Gasteiger partial charge in [0, 0.05) is 0 Å². The SMILES string of the molecule is Cc1cccc([Si](O[Si](c2ccccc2)(c2ccccc2)c2ccccc2)(c2cccc(C)c2)c2cccc(C)c2)c1. The minimum absolute atomic E-state index is 1.24. The van der Waals surface area contributed by atoms with Crippen molar-refractivity contribution in [3.05, 3.63) is 180 Å². The fraction of sp³-hybridized carbons (Fsp3) is 0.0769. The molecule has 42 heavy (non-hydrogen) atoms. The van der Waals surface area contributed by atoms with E-state index in [-0.39, 0.29) is 0 Å². The fourth-order valence-electron chi connectivity index (χ4n) is 6.19. The van der Waals surface area contributed by atoms with Gasteiger partial charge in [-0.05, 0) is 51.9 Å². The molecular formula is C39H36OSi2. The van der Waals surface area contributed by atoms with Crippen molar-refractivity contribution in [2.45, 2.75) is 20.8 Å². The van der Waals surface area contributed by atoms with Crippen LogP contribution >= 0.6 is 0 Å². The minimum Gasteiger partial charge on any atom is -0.435 e. The Morgan fingerprint density at radius 3 is 0.857 bits per heavy atom. The van der Waals surface area contributed by atoms with Gasteiger partial charge in [-0.2, -0.15) is 0 Å². The Labute approximate surface area is 252 Å². The second-order valence-electron chi connectivity index (χ2n) is 11.2. The van der Waals surface area contributed by atoms with Gasteiger partial charge >= 0.3 is 0 Å². The molecule has 1 nitrogen and oxygen atoms in total. The van der Waals surface area contributed by atoms with Crippen molar-refractivity contribution in [2.24, 2.45) is 0 Å². The number of benzene rings is 6. The fourth-order valence-corrected chi connectivity index (χ4v) is 17.1. The molecule has 0 aliphatic rings. The number of hydrogen-bond donors (Lipinski definition) is 0. The highest BCUT2D eigenvalue weighted by Gasteiger charge is 2.53. The summed E-state index contributed by atoms with van der Waals surface area (Å²) in [5, 5.41) is 7.52. The molecule has 6 rings (SSSR count). The average Bonchev–Trinajstić information content (AvgIpc) is 3.03. The Bertz CT molecular complexity index is 1570. The van der Waals surface area contributed by atoms with E-state index in [0.717, 1.165) is 0 Å². The summed E-state index contributed by atoms with van der Waals surface area (Å²) in [5.74, 6) is 0. The highest BCUT2D eigenvalue weighted by Crippen LogP contribution is 2.20. The van der Waals surface area contributed by atoms with Gasteiger partial charge in [-0.3, -0.25) is 0 Å². The quantitative estimate of drug-likeness (QED) is 0.177. The predicted molar refractivity (Wildman–Crippen MR) is 183 cm³/mol. The molecule has 6 aromatic carbocycles. The van der Waals surface area contributed by atoms with Crippen molar-refractivity contribution in [1.29, 1.82) is 0 Å². The molecule has 0 radical (unpaired) electrons. The van der Waals surface area contributed by atoms with E-state index in [1.165, 1.54) is 47.8 Å². The van der Waals surface area contributed by atoms with Gasteiger partial charge in [0.25, 0.3) is 16.6 Å². The molecule has 0 heterocycles. The molecule has 0 aliphatic carbocycles. The van der Waals surface area contributed by atoms with E-state index in [4.69, 9.17) is 4.12 Å². The molecule has 0 amide bonds. The summed E-state index contributed by atoms with van der Waals surface area (Å²) in [7, 11) is -6.24. The zero-order valence-corrected chi connectivity index (χ0v) is 26.5. The Balaban J connectivity index is 1.80. The molecule has 3 heteroatoms. The molecule has 0 fully saturated rings. The molecule has 6 aromatic rings. The second kappa shape index (κ2) is 11.9. The second-order valence-corrected chi connectivity index (χ2v) is 18.2. The molecular weight excluding hydrogens is 541 g/mol. The topological polar surface area (TPSA) is 9.23 Å². The van der Waals surface area contributed by atoms with Crippen LogP contribution in [-0.4, -0.2) is 16.6 Å². The summed E-state index contributed by atoms with van der Waals surface area (Å²) < 4.78 is 8.38. The van der Waals surface area contributed by atoms with Crippen molar-refractivity contribution >= 4 is 47.8 Å². The third-order valence-electron chi connectivity index (χ3n) is 8.12. The summed E-state index contributed by atoms with van der Waals surface area (Å²) >= 11 is 0. The van der Waals surface area contributed by atoms with Crippen LogP contribution in [0.25, 0.3) is 0 Å². The molecule has 206 valence electrons. The molecule has 0 saturated carbocycles. The zero-order valence-electron chi connectivity index (χ0n) is 24.5. The van der Waals surface area contributed by atoms with Gasteiger partial charge in [0.1, 0.15) is 0 Å². The lowest BCUT2D eigenvalue weighted by Crippen LogP contribution is -2.81. The summed E-state index contributed by atoms with van der Waals surface area (Å²) in [6.07, 6.45) is 0. The van der Waals surface area contributed by atoms with Gasteiger partial charge in [0.15, 0.2) is 0 Å². The van der Waals surface area contributed by atoms with E-state index in [1.807, 2.05) is 0 Å². The van der Waals surface area contributed by atoms with E-state index >= 15 is 0 Å². The van der Waals surface area contributed by atoms with E-state index in [0.29, 0.717) is 0 Å². The Hall–Kier alpha value is -4.29. The highest BCUT2D eigenvalue weighted by molar-refractivity contribution is 7.18. The van der Waals surface area contributed by atoms with Crippen LogP contribution in [0.4, 0.5) is 0 Å². The first-order valence-corrected chi connectivity index (χ1v) is 18.4. The molecule has 0 bridgehead atoms. The first-order chi connectivity index (χ1) is 20.5. The van der Waals surface area contributed by atoms with Crippen LogP contribution in [0.1, 0.15) is 16.7 Å². The van der Waals surface area contributed by atoms with Gasteiger partial charge < -0.3 is 4.12 Å². The van der Waals surface area contributed by atoms with Gasteiger partial charge in [-0.15, -0.1) is 0 Å². The molecule has 0 atom stereocenters. The monoisotopic (exact) mass is 576 g/mol. The Morgan fingerprint density at radius 1 is 0.310 bits per heavy atom. The normalized spacial score (nSPS) is 11.8. The first-order valence-electron chi connectivity index (χ1n) is 14.6. The average molecular weight is 577 g/mol. The third-order valence-corrected chi connectivity index (χ3v) is 17.4. The van der Waals surface area contributed by atoms with Gasteiger partial charge in [0.2, 0.25) is 0 Å². The van der Waals surface area contributed by atoms with Crippen LogP contribution in [-0.2, 0) is 4.12 Å². The maximum atomic E-state index is 8.38.